The zero-order chi connectivity index (χ0) is 17.1. The zero-order valence-electron chi connectivity index (χ0n) is 14.4. The van der Waals surface area contributed by atoms with Crippen LogP contribution in [0.15, 0.2) is 36.2 Å². The van der Waals surface area contributed by atoms with Crippen molar-refractivity contribution in [1.82, 2.24) is 24.8 Å². The van der Waals surface area contributed by atoms with Gasteiger partial charge in [0.05, 0.1) is 16.9 Å². The molecule has 4 rings (SSSR count). The Hall–Kier alpha value is -2.38. The number of hydrazine groups is 1. The Labute approximate surface area is 145 Å². The molecule has 0 amide bonds. The first kappa shape index (κ1) is 16.5. The third-order valence-corrected chi connectivity index (χ3v) is 4.56. The number of hydrogen-bond acceptors (Lipinski definition) is 6. The van der Waals surface area contributed by atoms with E-state index in [0.29, 0.717) is 0 Å². The van der Waals surface area contributed by atoms with E-state index in [4.69, 9.17) is 0 Å². The van der Waals surface area contributed by atoms with Crippen molar-refractivity contribution in [3.05, 3.63) is 47.5 Å². The van der Waals surface area contributed by atoms with E-state index in [1.54, 1.807) is 17.5 Å². The van der Waals surface area contributed by atoms with Gasteiger partial charge >= 0.3 is 0 Å². The molecule has 3 aromatic heterocycles. The van der Waals surface area contributed by atoms with Crippen LogP contribution in [0.2, 0.25) is 0 Å². The predicted molar refractivity (Wildman–Crippen MR) is 100 cm³/mol. The first-order valence-corrected chi connectivity index (χ1v) is 8.90. The summed E-state index contributed by atoms with van der Waals surface area (Å²) in [5.41, 5.74) is 7.62. The Kier molecular flexibility index (Phi) is 4.82. The molecule has 0 unspecified atom stereocenters. The third-order valence-electron chi connectivity index (χ3n) is 3.60. The molecule has 0 atom stereocenters. The second-order valence-electron chi connectivity index (χ2n) is 5.33. The average Bonchev–Trinajstić information content (AvgIpc) is 3.30. The van der Waals surface area contributed by atoms with Gasteiger partial charge < -0.3 is 10.3 Å². The highest BCUT2D eigenvalue weighted by molar-refractivity contribution is 7.14. The molecule has 4 heterocycles. The van der Waals surface area contributed by atoms with Crippen molar-refractivity contribution < 1.29 is 0 Å². The van der Waals surface area contributed by atoms with Gasteiger partial charge in [-0.3, -0.25) is 4.40 Å². The first-order chi connectivity index (χ1) is 11.7. The Morgan fingerprint density at radius 2 is 2.12 bits per heavy atom. The van der Waals surface area contributed by atoms with Gasteiger partial charge in [-0.1, -0.05) is 13.8 Å². The zero-order valence-corrected chi connectivity index (χ0v) is 15.2. The predicted octanol–water partition coefficient (Wildman–Crippen LogP) is 3.66. The fourth-order valence-electron chi connectivity index (χ4n) is 2.55. The molecule has 0 saturated carbocycles. The third kappa shape index (κ3) is 3.13. The van der Waals surface area contributed by atoms with Crippen LogP contribution < -0.4 is 10.7 Å². The molecule has 3 aromatic rings. The SMILES string of the molecule is CC.Cc1csc(Nc2nccn3c(C4=CN(C)NC4)cnc23)c1. The Morgan fingerprint density at radius 3 is 2.79 bits per heavy atom. The second-order valence-corrected chi connectivity index (χ2v) is 6.24. The minimum Gasteiger partial charge on any atom is -0.329 e. The number of aromatic nitrogens is 3. The van der Waals surface area contributed by atoms with Crippen molar-refractivity contribution in [2.24, 2.45) is 0 Å². The molecule has 0 radical (unpaired) electrons. The summed E-state index contributed by atoms with van der Waals surface area (Å²) in [6.07, 6.45) is 7.73. The standard InChI is InChI=1S/C15H16N6S.C2H6/c1-10-5-13(22-9-10)19-14-15-17-7-12(21(15)4-3-16-14)11-6-18-20(2)8-11;1-2/h3-5,7-9,18H,6H2,1-2H3,(H,16,19);1-2H3. The summed E-state index contributed by atoms with van der Waals surface area (Å²) in [6.45, 7) is 6.89. The number of aryl methyl sites for hydroxylation is 1. The van der Waals surface area contributed by atoms with Gasteiger partial charge in [0.15, 0.2) is 11.5 Å². The van der Waals surface area contributed by atoms with Crippen LogP contribution in [0.1, 0.15) is 25.1 Å². The van der Waals surface area contributed by atoms with Gasteiger partial charge in [-0.15, -0.1) is 11.3 Å². The lowest BCUT2D eigenvalue weighted by atomic mass is 10.2. The monoisotopic (exact) mass is 342 g/mol. The molecule has 1 aliphatic heterocycles. The van der Waals surface area contributed by atoms with Crippen molar-refractivity contribution in [2.75, 3.05) is 18.9 Å². The van der Waals surface area contributed by atoms with Gasteiger partial charge in [0, 0.05) is 37.8 Å². The Morgan fingerprint density at radius 1 is 1.29 bits per heavy atom. The fourth-order valence-corrected chi connectivity index (χ4v) is 3.34. The van der Waals surface area contributed by atoms with E-state index in [9.17, 15) is 0 Å². The molecule has 2 N–H and O–H groups in total. The van der Waals surface area contributed by atoms with Crippen LogP contribution in [0.4, 0.5) is 10.8 Å². The van der Waals surface area contributed by atoms with Crippen molar-refractivity contribution in [1.29, 1.82) is 0 Å². The van der Waals surface area contributed by atoms with E-state index in [1.165, 1.54) is 11.1 Å². The lowest BCUT2D eigenvalue weighted by Gasteiger charge is -2.06. The molecule has 0 aliphatic carbocycles. The summed E-state index contributed by atoms with van der Waals surface area (Å²) in [5.74, 6) is 0.774. The Balaban J connectivity index is 0.000000815. The molecule has 6 nitrogen and oxygen atoms in total. The maximum absolute atomic E-state index is 4.55. The molecule has 0 aromatic carbocycles. The van der Waals surface area contributed by atoms with E-state index in [0.717, 1.165) is 28.7 Å². The molecule has 24 heavy (non-hydrogen) atoms. The first-order valence-electron chi connectivity index (χ1n) is 8.02. The number of thiophene rings is 1. The molecule has 0 bridgehead atoms. The number of fused-ring (bicyclic) bond motifs is 1. The van der Waals surface area contributed by atoms with Crippen molar-refractivity contribution in [3.8, 4) is 0 Å². The number of imidazole rings is 1. The second kappa shape index (κ2) is 7.02. The fraction of sp³-hybridized carbons (Fsp3) is 0.294. The smallest absolute Gasteiger partial charge is 0.180 e. The van der Waals surface area contributed by atoms with Gasteiger partial charge in [-0.25, -0.2) is 15.4 Å². The van der Waals surface area contributed by atoms with Crippen LogP contribution >= 0.6 is 11.3 Å². The van der Waals surface area contributed by atoms with Crippen LogP contribution in [0.3, 0.4) is 0 Å². The summed E-state index contributed by atoms with van der Waals surface area (Å²) >= 11 is 1.67. The number of nitrogens with one attached hydrogen (secondary N) is 2. The lowest BCUT2D eigenvalue weighted by Crippen LogP contribution is -2.23. The van der Waals surface area contributed by atoms with Gasteiger partial charge in [-0.2, -0.15) is 0 Å². The largest absolute Gasteiger partial charge is 0.329 e. The molecule has 0 fully saturated rings. The van der Waals surface area contributed by atoms with E-state index < -0.39 is 0 Å². The van der Waals surface area contributed by atoms with E-state index in [2.05, 4.69) is 49.7 Å². The quantitative estimate of drug-likeness (QED) is 0.761. The van der Waals surface area contributed by atoms with Crippen LogP contribution in [0, 0.1) is 6.92 Å². The highest BCUT2D eigenvalue weighted by Crippen LogP contribution is 2.27. The molecule has 0 saturated heterocycles. The van der Waals surface area contributed by atoms with Crippen LogP contribution in [-0.4, -0.2) is 33.0 Å². The number of hydrogen-bond donors (Lipinski definition) is 2. The summed E-state index contributed by atoms with van der Waals surface area (Å²) in [6, 6.07) is 2.11. The summed E-state index contributed by atoms with van der Waals surface area (Å²) in [5, 5.41) is 8.51. The Bertz CT molecular complexity index is 863. The normalized spacial score (nSPS) is 13.7. The number of anilines is 2. The van der Waals surface area contributed by atoms with Gasteiger partial charge in [-0.05, 0) is 23.9 Å². The molecule has 7 heteroatoms. The van der Waals surface area contributed by atoms with Crippen LogP contribution in [-0.2, 0) is 0 Å². The molecular weight excluding hydrogens is 320 g/mol. The molecule has 0 spiro atoms. The van der Waals surface area contributed by atoms with E-state index in [-0.39, 0.29) is 0 Å². The molecular formula is C17H22N6S. The maximum atomic E-state index is 4.55. The van der Waals surface area contributed by atoms with Crippen LogP contribution in [0.25, 0.3) is 11.2 Å². The van der Waals surface area contributed by atoms with Crippen molar-refractivity contribution >= 4 is 33.4 Å². The number of nitrogens with zero attached hydrogens (tertiary/aromatic N) is 4. The summed E-state index contributed by atoms with van der Waals surface area (Å²) in [4.78, 5) is 8.98. The minimum atomic E-state index is 0.774. The molecule has 1 aliphatic rings. The number of rotatable bonds is 3. The average molecular weight is 342 g/mol. The lowest BCUT2D eigenvalue weighted by molar-refractivity contribution is 0.374. The highest BCUT2D eigenvalue weighted by Gasteiger charge is 2.16. The maximum Gasteiger partial charge on any atom is 0.180 e. The van der Waals surface area contributed by atoms with Gasteiger partial charge in [0.25, 0.3) is 0 Å². The van der Waals surface area contributed by atoms with E-state index in [1.807, 2.05) is 38.3 Å². The topological polar surface area (TPSA) is 57.5 Å². The van der Waals surface area contributed by atoms with Crippen molar-refractivity contribution in [2.45, 2.75) is 20.8 Å². The molecule has 126 valence electrons. The van der Waals surface area contributed by atoms with Crippen molar-refractivity contribution in [3.63, 3.8) is 0 Å². The van der Waals surface area contributed by atoms with Gasteiger partial charge in [0.1, 0.15) is 0 Å². The minimum absolute atomic E-state index is 0.774. The van der Waals surface area contributed by atoms with E-state index >= 15 is 0 Å². The van der Waals surface area contributed by atoms with Gasteiger partial charge in [0.2, 0.25) is 0 Å². The summed E-state index contributed by atoms with van der Waals surface area (Å²) < 4.78 is 2.07. The highest BCUT2D eigenvalue weighted by atomic mass is 32.1. The summed E-state index contributed by atoms with van der Waals surface area (Å²) in [7, 11) is 1.99. The van der Waals surface area contributed by atoms with Crippen LogP contribution in [0.5, 0.6) is 0 Å².